The van der Waals surface area contributed by atoms with Crippen LogP contribution in [-0.4, -0.2) is 34.9 Å². The number of nitrogens with one attached hydrogen (secondary N) is 1. The molecule has 0 spiro atoms. The number of ether oxygens (including phenoxy) is 2. The fourth-order valence-electron chi connectivity index (χ4n) is 2.69. The molecule has 1 heterocycles. The van der Waals surface area contributed by atoms with E-state index >= 15 is 0 Å². The molecule has 0 unspecified atom stereocenters. The Morgan fingerprint density at radius 1 is 1.35 bits per heavy atom. The number of halogens is 2. The van der Waals surface area contributed by atoms with Crippen LogP contribution < -0.4 is 14.9 Å². The summed E-state index contributed by atoms with van der Waals surface area (Å²) < 4.78 is 12.1. The number of hydrazine groups is 1. The normalized spacial score (nSPS) is 14.8. The Bertz CT molecular complexity index is 1080. The van der Waals surface area contributed by atoms with E-state index in [1.54, 1.807) is 43.5 Å². The first-order valence-electron chi connectivity index (χ1n) is 9.19. The minimum Gasteiger partial charge on any atom is -0.493 e. The third-order valence-corrected chi connectivity index (χ3v) is 6.35. The number of methoxy groups -OCH3 is 1. The molecule has 0 bridgehead atoms. The first kappa shape index (κ1) is 23.6. The zero-order valence-corrected chi connectivity index (χ0v) is 20.6. The van der Waals surface area contributed by atoms with Crippen molar-refractivity contribution < 1.29 is 19.1 Å². The molecule has 6 nitrogen and oxygen atoms in total. The van der Waals surface area contributed by atoms with Gasteiger partial charge in [0.15, 0.2) is 15.8 Å². The molecule has 1 aliphatic heterocycles. The summed E-state index contributed by atoms with van der Waals surface area (Å²) in [7, 11) is 1.55. The van der Waals surface area contributed by atoms with Crippen molar-refractivity contribution >= 4 is 73.7 Å². The number of nitrogens with zero attached hydrogens (tertiary/aromatic N) is 1. The number of thioether (sulfide) groups is 1. The summed E-state index contributed by atoms with van der Waals surface area (Å²) in [6, 6.07) is 10.2. The predicted octanol–water partition coefficient (Wildman–Crippen LogP) is 5.45. The minimum absolute atomic E-state index is 0.214. The number of hydrogen-bond acceptors (Lipinski definition) is 6. The van der Waals surface area contributed by atoms with Crippen molar-refractivity contribution in [3.05, 3.63) is 61.9 Å². The number of carbonyl (C=O) groups excluding carboxylic acids is 2. The van der Waals surface area contributed by atoms with Crippen LogP contribution in [0.3, 0.4) is 0 Å². The summed E-state index contributed by atoms with van der Waals surface area (Å²) in [6.07, 6.45) is 2.54. The Kier molecular flexibility index (Phi) is 7.99. The van der Waals surface area contributed by atoms with Crippen LogP contribution in [0.1, 0.15) is 29.3 Å². The van der Waals surface area contributed by atoms with Gasteiger partial charge in [0.1, 0.15) is 0 Å². The van der Waals surface area contributed by atoms with Crippen molar-refractivity contribution in [1.82, 2.24) is 10.4 Å². The zero-order chi connectivity index (χ0) is 22.5. The first-order chi connectivity index (χ1) is 14.8. The predicted molar refractivity (Wildman–Crippen MR) is 130 cm³/mol. The minimum atomic E-state index is -0.523. The molecule has 3 rings (SSSR count). The Balaban J connectivity index is 1.82. The second kappa shape index (κ2) is 10.5. The zero-order valence-electron chi connectivity index (χ0n) is 16.6. The van der Waals surface area contributed by atoms with Gasteiger partial charge in [-0.05, 0) is 70.5 Å². The van der Waals surface area contributed by atoms with Crippen LogP contribution in [0, 0.1) is 0 Å². The lowest BCUT2D eigenvalue weighted by atomic mass is 10.2. The van der Waals surface area contributed by atoms with Gasteiger partial charge in [-0.25, -0.2) is 0 Å². The molecule has 0 aromatic heterocycles. The maximum absolute atomic E-state index is 12.9. The average Bonchev–Trinajstić information content (AvgIpc) is 3.00. The van der Waals surface area contributed by atoms with E-state index in [-0.39, 0.29) is 14.9 Å². The van der Waals surface area contributed by atoms with E-state index in [0.717, 1.165) is 23.2 Å². The lowest BCUT2D eigenvalue weighted by Crippen LogP contribution is -2.44. The molecule has 2 amide bonds. The average molecular weight is 542 g/mol. The van der Waals surface area contributed by atoms with Gasteiger partial charge in [0, 0.05) is 0 Å². The Morgan fingerprint density at radius 2 is 2.10 bits per heavy atom. The summed E-state index contributed by atoms with van der Waals surface area (Å²) in [5.74, 6) is 0.180. The summed E-state index contributed by atoms with van der Waals surface area (Å²) in [4.78, 5) is 25.7. The van der Waals surface area contributed by atoms with Crippen molar-refractivity contribution in [2.45, 2.75) is 13.3 Å². The van der Waals surface area contributed by atoms with Gasteiger partial charge >= 0.3 is 0 Å². The standard InChI is InChI=1S/C21H18BrClN2O4S2/c1-3-8-29-18-14(22)9-12(10-16(18)28-2)11-17-20(27)25(21(30)31-17)24-19(26)13-6-4-5-7-15(13)23/h4-7,9-11H,3,8H2,1-2H3,(H,24,26)/b17-11-. The summed E-state index contributed by atoms with van der Waals surface area (Å²) >= 11 is 15.9. The maximum atomic E-state index is 12.9. The van der Waals surface area contributed by atoms with E-state index < -0.39 is 11.8 Å². The number of amides is 2. The number of rotatable bonds is 7. The van der Waals surface area contributed by atoms with Crippen molar-refractivity contribution in [3.63, 3.8) is 0 Å². The molecule has 1 saturated heterocycles. The van der Waals surface area contributed by atoms with E-state index in [2.05, 4.69) is 21.4 Å². The van der Waals surface area contributed by atoms with Gasteiger partial charge in [0.2, 0.25) is 0 Å². The van der Waals surface area contributed by atoms with Gasteiger partial charge in [-0.2, -0.15) is 5.01 Å². The van der Waals surface area contributed by atoms with Crippen LogP contribution in [0.25, 0.3) is 6.08 Å². The largest absolute Gasteiger partial charge is 0.493 e. The number of carbonyl (C=O) groups is 2. The molecule has 0 saturated carbocycles. The second-order valence-electron chi connectivity index (χ2n) is 6.32. The van der Waals surface area contributed by atoms with Crippen LogP contribution in [0.4, 0.5) is 0 Å². The third-order valence-electron chi connectivity index (χ3n) is 4.13. The van der Waals surface area contributed by atoms with Crippen LogP contribution in [-0.2, 0) is 4.79 Å². The third kappa shape index (κ3) is 5.41. The number of thiocarbonyl (C=S) groups is 1. The Hall–Kier alpha value is -2.07. The molecule has 1 aliphatic rings. The summed E-state index contributed by atoms with van der Waals surface area (Å²) in [5, 5.41) is 1.32. The van der Waals surface area contributed by atoms with Gasteiger partial charge in [-0.3, -0.25) is 15.0 Å². The van der Waals surface area contributed by atoms with Crippen molar-refractivity contribution in [2.24, 2.45) is 0 Å². The van der Waals surface area contributed by atoms with Gasteiger partial charge < -0.3 is 9.47 Å². The van der Waals surface area contributed by atoms with E-state index in [1.165, 1.54) is 0 Å². The lowest BCUT2D eigenvalue weighted by Gasteiger charge is -2.16. The molecule has 10 heteroatoms. The van der Waals surface area contributed by atoms with E-state index in [0.29, 0.717) is 33.0 Å². The number of hydrogen-bond donors (Lipinski definition) is 1. The molecule has 2 aromatic carbocycles. The van der Waals surface area contributed by atoms with Gasteiger partial charge in [-0.15, -0.1) is 0 Å². The molecule has 0 atom stereocenters. The SMILES string of the molecule is CCCOc1c(Br)cc(/C=C2\SC(=S)N(NC(=O)c3ccccc3Cl)C2=O)cc1OC. The van der Waals surface area contributed by atoms with Crippen molar-refractivity contribution in [3.8, 4) is 11.5 Å². The number of benzene rings is 2. The highest BCUT2D eigenvalue weighted by molar-refractivity contribution is 9.10. The monoisotopic (exact) mass is 540 g/mol. The van der Waals surface area contributed by atoms with Gasteiger partial charge in [0.25, 0.3) is 11.8 Å². The van der Waals surface area contributed by atoms with Crippen LogP contribution in [0.15, 0.2) is 45.8 Å². The molecule has 0 radical (unpaired) electrons. The Morgan fingerprint density at radius 3 is 2.77 bits per heavy atom. The quantitative estimate of drug-likeness (QED) is 0.372. The van der Waals surface area contributed by atoms with E-state index in [4.69, 9.17) is 33.3 Å². The molecule has 0 aliphatic carbocycles. The molecule has 1 N–H and O–H groups in total. The first-order valence-corrected chi connectivity index (χ1v) is 11.6. The van der Waals surface area contributed by atoms with Gasteiger partial charge in [0.05, 0.1) is 33.7 Å². The molecule has 2 aromatic rings. The highest BCUT2D eigenvalue weighted by Gasteiger charge is 2.34. The molecule has 1 fully saturated rings. The molecular formula is C21H18BrClN2O4S2. The lowest BCUT2D eigenvalue weighted by molar-refractivity contribution is -0.123. The van der Waals surface area contributed by atoms with Crippen LogP contribution >= 0.6 is 51.5 Å². The molecule has 31 heavy (non-hydrogen) atoms. The highest BCUT2D eigenvalue weighted by atomic mass is 79.9. The van der Waals surface area contributed by atoms with Crippen molar-refractivity contribution in [1.29, 1.82) is 0 Å². The smallest absolute Gasteiger partial charge is 0.285 e. The van der Waals surface area contributed by atoms with E-state index in [9.17, 15) is 9.59 Å². The maximum Gasteiger partial charge on any atom is 0.285 e. The fourth-order valence-corrected chi connectivity index (χ4v) is 4.67. The summed E-state index contributed by atoms with van der Waals surface area (Å²) in [6.45, 7) is 2.57. The Labute approximate surface area is 203 Å². The van der Waals surface area contributed by atoms with Gasteiger partial charge in [-0.1, -0.05) is 42.4 Å². The second-order valence-corrected chi connectivity index (χ2v) is 9.26. The fraction of sp³-hybridized carbons (Fsp3) is 0.190. The van der Waals surface area contributed by atoms with E-state index in [1.807, 2.05) is 13.0 Å². The van der Waals surface area contributed by atoms with Crippen molar-refractivity contribution in [2.75, 3.05) is 13.7 Å². The van der Waals surface area contributed by atoms with Crippen LogP contribution in [0.2, 0.25) is 5.02 Å². The molecule has 162 valence electrons. The summed E-state index contributed by atoms with van der Waals surface area (Å²) in [5.41, 5.74) is 3.48. The van der Waals surface area contributed by atoms with Crippen LogP contribution in [0.5, 0.6) is 11.5 Å². The topological polar surface area (TPSA) is 67.9 Å². The molecular weight excluding hydrogens is 524 g/mol. The highest BCUT2D eigenvalue weighted by Crippen LogP contribution is 2.39.